The highest BCUT2D eigenvalue weighted by Crippen LogP contribution is 2.35. The Morgan fingerprint density at radius 2 is 2.04 bits per heavy atom. The van der Waals surface area contributed by atoms with Gasteiger partial charge in [0.25, 0.3) is 0 Å². The van der Waals surface area contributed by atoms with E-state index in [1.54, 1.807) is 25.1 Å². The molecule has 2 aromatic rings. The molecule has 0 atom stereocenters. The summed E-state index contributed by atoms with van der Waals surface area (Å²) in [4.78, 5) is 16.8. The highest BCUT2D eigenvalue weighted by Gasteiger charge is 2.39. The van der Waals surface area contributed by atoms with Gasteiger partial charge in [-0.05, 0) is 25.0 Å². The monoisotopic (exact) mass is 377 g/mol. The van der Waals surface area contributed by atoms with E-state index in [0.29, 0.717) is 17.3 Å². The Hall–Kier alpha value is -2.77. The third-order valence-electron chi connectivity index (χ3n) is 4.57. The summed E-state index contributed by atoms with van der Waals surface area (Å²) in [5, 5.41) is 6.99. The minimum absolute atomic E-state index is 0.0118. The minimum Gasteiger partial charge on any atom is -0.434 e. The lowest BCUT2D eigenvalue weighted by molar-refractivity contribution is -0.119. The molecule has 8 heteroatoms. The van der Waals surface area contributed by atoms with Crippen molar-refractivity contribution in [2.24, 2.45) is 0 Å². The number of aryl methyl sites for hydroxylation is 1. The fourth-order valence-corrected chi connectivity index (χ4v) is 3.32. The summed E-state index contributed by atoms with van der Waals surface area (Å²) in [6.07, 6.45) is 7.17. The Morgan fingerprint density at radius 1 is 1.30 bits per heavy atom. The normalized spacial score (nSPS) is 16.6. The number of rotatable bonds is 6. The highest BCUT2D eigenvalue weighted by molar-refractivity contribution is 5.92. The molecule has 6 nitrogen and oxygen atoms in total. The van der Waals surface area contributed by atoms with E-state index in [9.17, 15) is 13.6 Å². The number of para-hydroxylation sites is 1. The van der Waals surface area contributed by atoms with Crippen LogP contribution in [0.25, 0.3) is 6.08 Å². The minimum atomic E-state index is -2.93. The molecule has 0 radical (unpaired) electrons. The molecule has 1 aromatic heterocycles. The molecule has 0 saturated heterocycles. The predicted molar refractivity (Wildman–Crippen MR) is 94.0 cm³/mol. The molecule has 144 valence electrons. The van der Waals surface area contributed by atoms with Gasteiger partial charge >= 0.3 is 6.61 Å². The van der Waals surface area contributed by atoms with Crippen LogP contribution in [-0.4, -0.2) is 22.7 Å². The van der Waals surface area contributed by atoms with Crippen LogP contribution in [0.5, 0.6) is 5.75 Å². The molecular weight excluding hydrogens is 356 g/mol. The highest BCUT2D eigenvalue weighted by atomic mass is 19.3. The molecule has 0 bridgehead atoms. The van der Waals surface area contributed by atoms with Crippen molar-refractivity contribution in [3.05, 3.63) is 47.6 Å². The third kappa shape index (κ3) is 4.69. The number of ether oxygens (including phenoxy) is 1. The average molecular weight is 377 g/mol. The molecule has 27 heavy (non-hydrogen) atoms. The predicted octanol–water partition coefficient (Wildman–Crippen LogP) is 3.97. The average Bonchev–Trinajstić information content (AvgIpc) is 3.08. The maximum atomic E-state index is 12.5. The van der Waals surface area contributed by atoms with Crippen molar-refractivity contribution in [1.29, 1.82) is 0 Å². The lowest BCUT2D eigenvalue weighted by Crippen LogP contribution is -2.47. The van der Waals surface area contributed by atoms with Gasteiger partial charge in [-0.25, -0.2) is 0 Å². The first kappa shape index (κ1) is 19.0. The molecule has 0 spiro atoms. The Kier molecular flexibility index (Phi) is 5.83. The number of carbonyl (C=O) groups excluding carboxylic acids is 1. The van der Waals surface area contributed by atoms with Crippen molar-refractivity contribution in [2.75, 3.05) is 0 Å². The quantitative estimate of drug-likeness (QED) is 0.771. The maximum Gasteiger partial charge on any atom is 0.387 e. The van der Waals surface area contributed by atoms with Gasteiger partial charge in [0, 0.05) is 18.6 Å². The van der Waals surface area contributed by atoms with Crippen LogP contribution in [0.3, 0.4) is 0 Å². The SMILES string of the molecule is Cc1nc(C2(NC(=O)/C=C/c3ccccc3OC(F)F)CCCCC2)no1. The van der Waals surface area contributed by atoms with Crippen LogP contribution in [0.2, 0.25) is 0 Å². The van der Waals surface area contributed by atoms with Crippen molar-refractivity contribution in [3.63, 3.8) is 0 Å². The smallest absolute Gasteiger partial charge is 0.387 e. The number of carbonyl (C=O) groups is 1. The van der Waals surface area contributed by atoms with Gasteiger partial charge in [-0.1, -0.05) is 42.6 Å². The van der Waals surface area contributed by atoms with Crippen LogP contribution >= 0.6 is 0 Å². The van der Waals surface area contributed by atoms with Gasteiger partial charge < -0.3 is 14.6 Å². The Bertz CT molecular complexity index is 814. The number of halogens is 2. The number of hydrogen-bond acceptors (Lipinski definition) is 5. The number of hydrogen-bond donors (Lipinski definition) is 1. The second kappa shape index (κ2) is 8.28. The lowest BCUT2D eigenvalue weighted by atomic mass is 9.81. The molecule has 1 fully saturated rings. The van der Waals surface area contributed by atoms with Crippen LogP contribution in [0.4, 0.5) is 8.78 Å². The van der Waals surface area contributed by atoms with Crippen LogP contribution in [0.1, 0.15) is 49.4 Å². The molecule has 3 rings (SSSR count). The van der Waals surface area contributed by atoms with Crippen LogP contribution in [0.15, 0.2) is 34.9 Å². The molecule has 0 unspecified atom stereocenters. The van der Waals surface area contributed by atoms with Gasteiger partial charge in [-0.2, -0.15) is 13.8 Å². The van der Waals surface area contributed by atoms with E-state index in [4.69, 9.17) is 4.52 Å². The molecule has 1 aromatic carbocycles. The summed E-state index contributed by atoms with van der Waals surface area (Å²) < 4.78 is 34.6. The van der Waals surface area contributed by atoms with E-state index in [0.717, 1.165) is 32.1 Å². The van der Waals surface area contributed by atoms with E-state index in [1.165, 1.54) is 18.2 Å². The van der Waals surface area contributed by atoms with Crippen LogP contribution in [0, 0.1) is 6.92 Å². The first-order valence-electron chi connectivity index (χ1n) is 8.83. The molecule has 1 saturated carbocycles. The van der Waals surface area contributed by atoms with Gasteiger partial charge in [0.1, 0.15) is 11.3 Å². The van der Waals surface area contributed by atoms with Gasteiger partial charge in [-0.3, -0.25) is 4.79 Å². The number of aromatic nitrogens is 2. The lowest BCUT2D eigenvalue weighted by Gasteiger charge is -2.34. The first-order valence-corrected chi connectivity index (χ1v) is 8.83. The molecule has 0 aliphatic heterocycles. The summed E-state index contributed by atoms with van der Waals surface area (Å²) >= 11 is 0. The van der Waals surface area contributed by atoms with Crippen LogP contribution in [-0.2, 0) is 10.3 Å². The molecule has 1 heterocycles. The van der Waals surface area contributed by atoms with Crippen molar-refractivity contribution in [3.8, 4) is 5.75 Å². The van der Waals surface area contributed by atoms with Gasteiger partial charge in [-0.15, -0.1) is 0 Å². The molecule has 1 amide bonds. The zero-order chi connectivity index (χ0) is 19.3. The van der Waals surface area contributed by atoms with E-state index >= 15 is 0 Å². The van der Waals surface area contributed by atoms with Gasteiger partial charge in [0.15, 0.2) is 5.82 Å². The Balaban J connectivity index is 1.76. The number of nitrogens with zero attached hydrogens (tertiary/aromatic N) is 2. The standard InChI is InChI=1S/C19H21F2N3O3/c1-13-22-17(24-27-13)19(11-5-2-6-12-19)23-16(25)10-9-14-7-3-4-8-15(14)26-18(20)21/h3-4,7-10,18H,2,5-6,11-12H2,1H3,(H,23,25)/b10-9+. The third-order valence-corrected chi connectivity index (χ3v) is 4.57. The zero-order valence-corrected chi connectivity index (χ0v) is 15.0. The zero-order valence-electron chi connectivity index (χ0n) is 15.0. The molecular formula is C19H21F2N3O3. The second-order valence-corrected chi connectivity index (χ2v) is 6.52. The first-order chi connectivity index (χ1) is 13.0. The molecule has 1 aliphatic rings. The summed E-state index contributed by atoms with van der Waals surface area (Å²) in [7, 11) is 0. The number of benzene rings is 1. The van der Waals surface area contributed by atoms with E-state index in [1.807, 2.05) is 0 Å². The van der Waals surface area contributed by atoms with E-state index in [2.05, 4.69) is 20.2 Å². The van der Waals surface area contributed by atoms with Gasteiger partial charge in [0.2, 0.25) is 11.8 Å². The fourth-order valence-electron chi connectivity index (χ4n) is 3.32. The summed E-state index contributed by atoms with van der Waals surface area (Å²) in [6, 6.07) is 6.29. The fraction of sp³-hybridized carbons (Fsp3) is 0.421. The largest absolute Gasteiger partial charge is 0.434 e. The number of nitrogens with one attached hydrogen (secondary N) is 1. The van der Waals surface area contributed by atoms with Crippen molar-refractivity contribution in [2.45, 2.75) is 51.2 Å². The topological polar surface area (TPSA) is 77.2 Å². The molecule has 1 N–H and O–H groups in total. The Morgan fingerprint density at radius 3 is 2.70 bits per heavy atom. The van der Waals surface area contributed by atoms with Crippen molar-refractivity contribution in [1.82, 2.24) is 15.5 Å². The van der Waals surface area contributed by atoms with Crippen molar-refractivity contribution < 1.29 is 22.8 Å². The van der Waals surface area contributed by atoms with E-state index in [-0.39, 0.29) is 11.7 Å². The van der Waals surface area contributed by atoms with E-state index < -0.39 is 12.2 Å². The van der Waals surface area contributed by atoms with Crippen molar-refractivity contribution >= 4 is 12.0 Å². The maximum absolute atomic E-state index is 12.5. The summed E-state index contributed by atoms with van der Waals surface area (Å²) in [5.74, 6) is 0.574. The van der Waals surface area contributed by atoms with Gasteiger partial charge in [0.05, 0.1) is 0 Å². The number of alkyl halides is 2. The second-order valence-electron chi connectivity index (χ2n) is 6.52. The number of amides is 1. The summed E-state index contributed by atoms with van der Waals surface area (Å²) in [6.45, 7) is -1.23. The Labute approximate surface area is 155 Å². The summed E-state index contributed by atoms with van der Waals surface area (Å²) in [5.41, 5.74) is -0.280. The van der Waals surface area contributed by atoms with Crippen LogP contribution < -0.4 is 10.1 Å². The molecule has 1 aliphatic carbocycles.